The second kappa shape index (κ2) is 4.35. The Kier molecular flexibility index (Phi) is 3.02. The summed E-state index contributed by atoms with van der Waals surface area (Å²) >= 11 is 0. The molecule has 1 saturated heterocycles. The van der Waals surface area contributed by atoms with E-state index in [0.29, 0.717) is 0 Å². The van der Waals surface area contributed by atoms with E-state index in [2.05, 4.69) is 4.98 Å². The summed E-state index contributed by atoms with van der Waals surface area (Å²) < 4.78 is 26.1. The molecule has 1 aromatic rings. The van der Waals surface area contributed by atoms with Crippen LogP contribution in [0.3, 0.4) is 0 Å². The van der Waals surface area contributed by atoms with E-state index in [1.807, 2.05) is 0 Å². The second-order valence-corrected chi connectivity index (χ2v) is 4.18. The number of nitrogens with two attached hydrogens (primary N) is 1. The lowest BCUT2D eigenvalue weighted by Crippen LogP contribution is -2.40. The third-order valence-electron chi connectivity index (χ3n) is 2.87. The summed E-state index contributed by atoms with van der Waals surface area (Å²) in [6.45, 7) is 0.0641. The molecule has 0 bridgehead atoms. The van der Waals surface area contributed by atoms with Crippen LogP contribution in [-0.2, 0) is 0 Å². The number of anilines is 2. The summed E-state index contributed by atoms with van der Waals surface area (Å²) in [5.74, 6) is -2.51. The molecule has 6 nitrogen and oxygen atoms in total. The van der Waals surface area contributed by atoms with Crippen molar-refractivity contribution in [1.29, 1.82) is 0 Å². The molecule has 0 spiro atoms. The maximum Gasteiger partial charge on any atom is 0.311 e. The van der Waals surface area contributed by atoms with Crippen molar-refractivity contribution in [3.63, 3.8) is 0 Å². The minimum Gasteiger partial charge on any atom is -0.384 e. The van der Waals surface area contributed by atoms with Crippen LogP contribution in [0.1, 0.15) is 12.8 Å². The third-order valence-corrected chi connectivity index (χ3v) is 2.87. The number of hydrogen-bond donors (Lipinski definition) is 1. The molecule has 8 heteroatoms. The first-order chi connectivity index (χ1) is 8.39. The van der Waals surface area contributed by atoms with E-state index >= 15 is 0 Å². The van der Waals surface area contributed by atoms with Crippen LogP contribution < -0.4 is 10.6 Å². The molecule has 0 aromatic carbocycles. The summed E-state index contributed by atoms with van der Waals surface area (Å²) in [5.41, 5.74) is 5.27. The van der Waals surface area contributed by atoms with Crippen LogP contribution >= 0.6 is 0 Å². The monoisotopic (exact) mass is 258 g/mol. The lowest BCUT2D eigenvalue weighted by Gasteiger charge is -2.32. The third kappa shape index (κ3) is 2.47. The average molecular weight is 258 g/mol. The van der Waals surface area contributed by atoms with E-state index in [1.54, 1.807) is 0 Å². The van der Waals surface area contributed by atoms with Gasteiger partial charge in [0.25, 0.3) is 5.92 Å². The maximum absolute atomic E-state index is 13.0. The van der Waals surface area contributed by atoms with Gasteiger partial charge in [-0.15, -0.1) is 0 Å². The fourth-order valence-corrected chi connectivity index (χ4v) is 1.88. The first kappa shape index (κ1) is 12.5. The summed E-state index contributed by atoms with van der Waals surface area (Å²) in [7, 11) is 0. The van der Waals surface area contributed by atoms with Crippen molar-refractivity contribution in [3.05, 3.63) is 22.2 Å². The lowest BCUT2D eigenvalue weighted by atomic mass is 10.1. The number of nitrogens with zero attached hydrogens (tertiary/aromatic N) is 3. The molecule has 0 atom stereocenters. The number of alkyl halides is 2. The SMILES string of the molecule is Nc1ccc([N+](=O)[O-])c(N2CCC(F)(F)CC2)n1. The number of rotatable bonds is 2. The molecule has 0 unspecified atom stereocenters. The van der Waals surface area contributed by atoms with Crippen LogP contribution in [0.5, 0.6) is 0 Å². The topological polar surface area (TPSA) is 85.3 Å². The zero-order chi connectivity index (χ0) is 13.3. The predicted molar refractivity (Wildman–Crippen MR) is 61.7 cm³/mol. The summed E-state index contributed by atoms with van der Waals surface area (Å²) in [5, 5.41) is 10.9. The number of pyridine rings is 1. The van der Waals surface area contributed by atoms with Crippen molar-refractivity contribution in [1.82, 2.24) is 4.98 Å². The smallest absolute Gasteiger partial charge is 0.311 e. The van der Waals surface area contributed by atoms with Gasteiger partial charge >= 0.3 is 5.69 Å². The van der Waals surface area contributed by atoms with Gasteiger partial charge < -0.3 is 10.6 Å². The molecule has 2 rings (SSSR count). The standard InChI is InChI=1S/C10H12F2N4O2/c11-10(12)3-5-15(6-4-10)9-7(16(17)18)1-2-8(13)14-9/h1-2H,3-6H2,(H2,13,14). The zero-order valence-corrected chi connectivity index (χ0v) is 9.47. The molecule has 0 radical (unpaired) electrons. The Morgan fingerprint density at radius 2 is 2.00 bits per heavy atom. The Morgan fingerprint density at radius 3 is 2.56 bits per heavy atom. The van der Waals surface area contributed by atoms with Crippen molar-refractivity contribution in [3.8, 4) is 0 Å². The van der Waals surface area contributed by atoms with Gasteiger partial charge in [0, 0.05) is 32.0 Å². The Morgan fingerprint density at radius 1 is 1.39 bits per heavy atom. The molecule has 98 valence electrons. The van der Waals surface area contributed by atoms with Crippen molar-refractivity contribution in [2.45, 2.75) is 18.8 Å². The number of nitro groups is 1. The average Bonchev–Trinajstić information content (AvgIpc) is 2.28. The van der Waals surface area contributed by atoms with E-state index in [1.165, 1.54) is 17.0 Å². The van der Waals surface area contributed by atoms with Crippen LogP contribution in [0.25, 0.3) is 0 Å². The number of nitrogen functional groups attached to an aromatic ring is 1. The summed E-state index contributed by atoms with van der Waals surface area (Å²) in [6, 6.07) is 2.56. The van der Waals surface area contributed by atoms with Crippen LogP contribution in [0.15, 0.2) is 12.1 Å². The second-order valence-electron chi connectivity index (χ2n) is 4.18. The van der Waals surface area contributed by atoms with Crippen molar-refractivity contribution in [2.75, 3.05) is 23.7 Å². The molecular formula is C10H12F2N4O2. The highest BCUT2D eigenvalue weighted by Gasteiger charge is 2.36. The van der Waals surface area contributed by atoms with Gasteiger partial charge in [0.15, 0.2) is 0 Å². The highest BCUT2D eigenvalue weighted by atomic mass is 19.3. The fraction of sp³-hybridized carbons (Fsp3) is 0.500. The van der Waals surface area contributed by atoms with E-state index in [9.17, 15) is 18.9 Å². The molecule has 1 aliphatic rings. The largest absolute Gasteiger partial charge is 0.384 e. The highest BCUT2D eigenvalue weighted by Crippen LogP contribution is 2.33. The van der Waals surface area contributed by atoms with E-state index in [-0.39, 0.29) is 43.3 Å². The Labute approximate surface area is 102 Å². The minimum absolute atomic E-state index is 0.0320. The Hall–Kier alpha value is -1.99. The Bertz CT molecular complexity index is 471. The van der Waals surface area contributed by atoms with Gasteiger partial charge in [-0.3, -0.25) is 10.1 Å². The van der Waals surface area contributed by atoms with Crippen LogP contribution in [0, 0.1) is 10.1 Å². The fourth-order valence-electron chi connectivity index (χ4n) is 1.88. The van der Waals surface area contributed by atoms with E-state index in [4.69, 9.17) is 5.73 Å². The molecule has 2 heterocycles. The van der Waals surface area contributed by atoms with Crippen LogP contribution in [0.2, 0.25) is 0 Å². The summed E-state index contributed by atoms with van der Waals surface area (Å²) in [6.07, 6.45) is -0.665. The number of halogens is 2. The molecule has 0 saturated carbocycles. The number of piperidine rings is 1. The van der Waals surface area contributed by atoms with E-state index < -0.39 is 10.8 Å². The lowest BCUT2D eigenvalue weighted by molar-refractivity contribution is -0.384. The predicted octanol–water partition coefficient (Wildman–Crippen LogP) is 1.81. The first-order valence-corrected chi connectivity index (χ1v) is 5.43. The van der Waals surface area contributed by atoms with Gasteiger partial charge in [0.05, 0.1) is 4.92 Å². The molecule has 18 heavy (non-hydrogen) atoms. The quantitative estimate of drug-likeness (QED) is 0.645. The van der Waals surface area contributed by atoms with Crippen LogP contribution in [0.4, 0.5) is 26.1 Å². The van der Waals surface area contributed by atoms with Crippen molar-refractivity contribution in [2.24, 2.45) is 0 Å². The molecule has 1 aromatic heterocycles. The van der Waals surface area contributed by atoms with Gasteiger partial charge in [-0.1, -0.05) is 0 Å². The number of aromatic nitrogens is 1. The van der Waals surface area contributed by atoms with E-state index in [0.717, 1.165) is 0 Å². The molecular weight excluding hydrogens is 246 g/mol. The van der Waals surface area contributed by atoms with Gasteiger partial charge in [-0.25, -0.2) is 13.8 Å². The maximum atomic E-state index is 13.0. The van der Waals surface area contributed by atoms with Crippen molar-refractivity contribution >= 4 is 17.3 Å². The van der Waals surface area contributed by atoms with Gasteiger partial charge in [-0.2, -0.15) is 0 Å². The molecule has 0 amide bonds. The molecule has 1 fully saturated rings. The van der Waals surface area contributed by atoms with Gasteiger partial charge in [-0.05, 0) is 6.07 Å². The number of hydrogen-bond acceptors (Lipinski definition) is 5. The van der Waals surface area contributed by atoms with Crippen molar-refractivity contribution < 1.29 is 13.7 Å². The van der Waals surface area contributed by atoms with Crippen LogP contribution in [-0.4, -0.2) is 28.9 Å². The minimum atomic E-state index is -2.70. The normalized spacial score (nSPS) is 18.7. The molecule has 2 N–H and O–H groups in total. The Balaban J connectivity index is 2.28. The highest BCUT2D eigenvalue weighted by molar-refractivity contribution is 5.61. The molecule has 1 aliphatic heterocycles. The first-order valence-electron chi connectivity index (χ1n) is 5.43. The zero-order valence-electron chi connectivity index (χ0n) is 9.47. The van der Waals surface area contributed by atoms with Gasteiger partial charge in [0.2, 0.25) is 5.82 Å². The molecule has 0 aliphatic carbocycles. The summed E-state index contributed by atoms with van der Waals surface area (Å²) in [4.78, 5) is 15.6. The van der Waals surface area contributed by atoms with Gasteiger partial charge in [0.1, 0.15) is 5.82 Å².